The van der Waals surface area contributed by atoms with Crippen LogP contribution in [0.15, 0.2) is 24.3 Å². The third-order valence-corrected chi connectivity index (χ3v) is 3.86. The maximum Gasteiger partial charge on any atom is 0.220 e. The summed E-state index contributed by atoms with van der Waals surface area (Å²) >= 11 is 6.40. The monoisotopic (exact) mass is 252 g/mol. The molecule has 0 spiro atoms. The zero-order valence-corrected chi connectivity index (χ0v) is 10.6. The molecule has 0 radical (unpaired) electrons. The molecule has 0 heterocycles. The first-order valence-electron chi connectivity index (χ1n) is 5.18. The van der Waals surface area contributed by atoms with E-state index in [2.05, 4.69) is 0 Å². The number of hydrogen-bond donors (Lipinski definition) is 0. The lowest BCUT2D eigenvalue weighted by Gasteiger charge is -2.08. The molecule has 0 aromatic heterocycles. The van der Waals surface area contributed by atoms with Crippen LogP contribution in [0.1, 0.15) is 22.8 Å². The van der Waals surface area contributed by atoms with Crippen LogP contribution in [-0.4, -0.2) is 22.0 Å². The summed E-state index contributed by atoms with van der Waals surface area (Å²) in [7, 11) is 0. The second-order valence-corrected chi connectivity index (χ2v) is 5.32. The summed E-state index contributed by atoms with van der Waals surface area (Å²) in [5, 5.41) is -0.101. The summed E-state index contributed by atoms with van der Waals surface area (Å²) in [4.78, 5) is 12.0. The Hall–Kier alpha value is -0.870. The Bertz CT molecular complexity index is 429. The summed E-state index contributed by atoms with van der Waals surface area (Å²) in [6.45, 7) is 2.44. The standard InChI is InChI=1S/C12H12O2S2/c1-2-14-12(15)16-10-7-8-5-3-4-6-9(8)11(10)13/h3-6,10H,2,7H2,1H3. The van der Waals surface area contributed by atoms with E-state index in [9.17, 15) is 4.79 Å². The number of benzene rings is 1. The molecule has 1 aliphatic rings. The Balaban J connectivity index is 2.07. The fourth-order valence-corrected chi connectivity index (χ4v) is 3.15. The van der Waals surface area contributed by atoms with Crippen LogP contribution in [0, 0.1) is 0 Å². The minimum Gasteiger partial charge on any atom is -0.479 e. The van der Waals surface area contributed by atoms with Crippen molar-refractivity contribution in [2.75, 3.05) is 6.61 Å². The molecule has 1 atom stereocenters. The molecule has 4 heteroatoms. The number of rotatable bonds is 2. The molecule has 0 aliphatic heterocycles. The van der Waals surface area contributed by atoms with Gasteiger partial charge in [-0.25, -0.2) is 0 Å². The van der Waals surface area contributed by atoms with E-state index in [1.807, 2.05) is 31.2 Å². The third kappa shape index (κ3) is 2.28. The zero-order chi connectivity index (χ0) is 11.5. The van der Waals surface area contributed by atoms with Gasteiger partial charge in [-0.2, -0.15) is 0 Å². The van der Waals surface area contributed by atoms with Gasteiger partial charge in [0.15, 0.2) is 5.78 Å². The van der Waals surface area contributed by atoms with Crippen molar-refractivity contribution < 1.29 is 9.53 Å². The van der Waals surface area contributed by atoms with Gasteiger partial charge in [-0.15, -0.1) is 0 Å². The first-order chi connectivity index (χ1) is 7.72. The van der Waals surface area contributed by atoms with Gasteiger partial charge in [-0.1, -0.05) is 36.0 Å². The Morgan fingerprint density at radius 2 is 2.31 bits per heavy atom. The van der Waals surface area contributed by atoms with Crippen LogP contribution in [-0.2, 0) is 11.2 Å². The Labute approximate surface area is 104 Å². The number of ether oxygens (including phenoxy) is 1. The SMILES string of the molecule is CCOC(=S)SC1Cc2ccccc2C1=O. The number of carbonyl (C=O) groups excluding carboxylic acids is 1. The first kappa shape index (κ1) is 11.6. The van der Waals surface area contributed by atoms with Crippen LogP contribution in [0.2, 0.25) is 0 Å². The molecule has 84 valence electrons. The van der Waals surface area contributed by atoms with Gasteiger partial charge in [0.1, 0.15) is 0 Å². The van der Waals surface area contributed by atoms with Crippen LogP contribution in [0.4, 0.5) is 0 Å². The van der Waals surface area contributed by atoms with Gasteiger partial charge >= 0.3 is 0 Å². The average Bonchev–Trinajstić information content (AvgIpc) is 2.57. The van der Waals surface area contributed by atoms with Crippen LogP contribution >= 0.6 is 24.0 Å². The highest BCUT2D eigenvalue weighted by atomic mass is 32.2. The first-order valence-corrected chi connectivity index (χ1v) is 6.46. The zero-order valence-electron chi connectivity index (χ0n) is 8.93. The van der Waals surface area contributed by atoms with E-state index in [1.165, 1.54) is 11.8 Å². The maximum absolute atomic E-state index is 12.0. The fourth-order valence-electron chi connectivity index (χ4n) is 1.77. The predicted molar refractivity (Wildman–Crippen MR) is 70.1 cm³/mol. The maximum atomic E-state index is 12.0. The number of fused-ring (bicyclic) bond motifs is 1. The van der Waals surface area contributed by atoms with E-state index in [4.69, 9.17) is 17.0 Å². The van der Waals surface area contributed by atoms with Crippen LogP contribution < -0.4 is 0 Å². The van der Waals surface area contributed by atoms with Crippen LogP contribution in [0.3, 0.4) is 0 Å². The van der Waals surface area contributed by atoms with Gasteiger partial charge in [-0.3, -0.25) is 4.79 Å². The van der Waals surface area contributed by atoms with Crippen LogP contribution in [0.5, 0.6) is 0 Å². The van der Waals surface area contributed by atoms with Crippen molar-refractivity contribution in [2.45, 2.75) is 18.6 Å². The molecule has 0 N–H and O–H groups in total. The van der Waals surface area contributed by atoms with Crippen molar-refractivity contribution in [3.63, 3.8) is 0 Å². The Morgan fingerprint density at radius 1 is 1.56 bits per heavy atom. The van der Waals surface area contributed by atoms with E-state index in [0.717, 1.165) is 17.5 Å². The molecule has 16 heavy (non-hydrogen) atoms. The van der Waals surface area contributed by atoms with E-state index in [0.29, 0.717) is 11.0 Å². The van der Waals surface area contributed by atoms with Crippen molar-refractivity contribution >= 4 is 34.1 Å². The number of thiocarbonyl (C=S) groups is 1. The molecule has 1 aromatic rings. The average molecular weight is 252 g/mol. The largest absolute Gasteiger partial charge is 0.479 e. The summed E-state index contributed by atoms with van der Waals surface area (Å²) in [5.74, 6) is 0.169. The molecule has 1 unspecified atom stereocenters. The molecule has 2 rings (SSSR count). The summed E-state index contributed by atoms with van der Waals surface area (Å²) in [6, 6.07) is 7.73. The lowest BCUT2D eigenvalue weighted by Crippen LogP contribution is -2.14. The fraction of sp³-hybridized carbons (Fsp3) is 0.333. The minimum absolute atomic E-state index is 0.101. The molecule has 1 aromatic carbocycles. The Kier molecular flexibility index (Phi) is 3.61. The van der Waals surface area contributed by atoms with Crippen molar-refractivity contribution in [2.24, 2.45) is 0 Å². The topological polar surface area (TPSA) is 26.3 Å². The lowest BCUT2D eigenvalue weighted by molar-refractivity contribution is 0.100. The highest BCUT2D eigenvalue weighted by molar-refractivity contribution is 8.23. The van der Waals surface area contributed by atoms with Gasteiger partial charge in [0.05, 0.1) is 11.9 Å². The number of hydrogen-bond acceptors (Lipinski definition) is 4. The highest BCUT2D eigenvalue weighted by Gasteiger charge is 2.31. The lowest BCUT2D eigenvalue weighted by atomic mass is 10.1. The molecule has 0 fully saturated rings. The van der Waals surface area contributed by atoms with Crippen molar-refractivity contribution in [1.29, 1.82) is 0 Å². The van der Waals surface area contributed by atoms with Gasteiger partial charge in [0.25, 0.3) is 0 Å². The third-order valence-electron chi connectivity index (χ3n) is 2.48. The Morgan fingerprint density at radius 3 is 3.00 bits per heavy atom. The molecule has 1 aliphatic carbocycles. The molecular weight excluding hydrogens is 240 g/mol. The summed E-state index contributed by atoms with van der Waals surface area (Å²) in [6.07, 6.45) is 0.757. The smallest absolute Gasteiger partial charge is 0.220 e. The van der Waals surface area contributed by atoms with Gasteiger partial charge < -0.3 is 4.74 Å². The number of thioether (sulfide) groups is 1. The van der Waals surface area contributed by atoms with Crippen molar-refractivity contribution in [1.82, 2.24) is 0 Å². The molecular formula is C12H12O2S2. The van der Waals surface area contributed by atoms with Crippen LogP contribution in [0.25, 0.3) is 0 Å². The predicted octanol–water partition coefficient (Wildman–Crippen LogP) is 2.85. The van der Waals surface area contributed by atoms with Crippen molar-refractivity contribution in [3.8, 4) is 0 Å². The molecule has 0 amide bonds. The highest BCUT2D eigenvalue weighted by Crippen LogP contribution is 2.30. The second-order valence-electron chi connectivity index (χ2n) is 3.52. The van der Waals surface area contributed by atoms with Gasteiger partial charge in [-0.05, 0) is 31.1 Å². The van der Waals surface area contributed by atoms with E-state index in [1.54, 1.807) is 0 Å². The van der Waals surface area contributed by atoms with E-state index < -0.39 is 0 Å². The number of Topliss-reactive ketones (excluding diaryl/α,β-unsaturated/α-hetero) is 1. The second kappa shape index (κ2) is 4.97. The molecule has 0 bridgehead atoms. The number of ketones is 1. The summed E-state index contributed by atoms with van der Waals surface area (Å²) < 4.78 is 5.66. The quantitative estimate of drug-likeness (QED) is 0.756. The molecule has 0 saturated carbocycles. The normalized spacial score (nSPS) is 18.3. The molecule has 0 saturated heterocycles. The summed E-state index contributed by atoms with van der Waals surface area (Å²) in [5.41, 5.74) is 1.95. The van der Waals surface area contributed by atoms with E-state index in [-0.39, 0.29) is 11.0 Å². The van der Waals surface area contributed by atoms with Gasteiger partial charge in [0.2, 0.25) is 4.38 Å². The van der Waals surface area contributed by atoms with Gasteiger partial charge in [0, 0.05) is 5.56 Å². The molecule has 2 nitrogen and oxygen atoms in total. The van der Waals surface area contributed by atoms with E-state index >= 15 is 0 Å². The van der Waals surface area contributed by atoms with Crippen molar-refractivity contribution in [3.05, 3.63) is 35.4 Å². The minimum atomic E-state index is -0.101. The number of carbonyl (C=O) groups is 1.